The van der Waals surface area contributed by atoms with Gasteiger partial charge in [-0.25, -0.2) is 0 Å². The number of hydrogen-bond acceptors (Lipinski definition) is 6. The van der Waals surface area contributed by atoms with Gasteiger partial charge in [0.15, 0.2) is 0 Å². The van der Waals surface area contributed by atoms with E-state index >= 15 is 0 Å². The van der Waals surface area contributed by atoms with Gasteiger partial charge in [0.25, 0.3) is 5.69 Å². The van der Waals surface area contributed by atoms with E-state index in [1.807, 2.05) is 6.07 Å². The molecule has 104 valence electrons. The van der Waals surface area contributed by atoms with Crippen LogP contribution >= 0.6 is 27.3 Å². The summed E-state index contributed by atoms with van der Waals surface area (Å²) in [5.74, 6) is 0. The summed E-state index contributed by atoms with van der Waals surface area (Å²) in [5, 5.41) is 24.1. The van der Waals surface area contributed by atoms with Gasteiger partial charge in [0.1, 0.15) is 10.0 Å². The Morgan fingerprint density at radius 1 is 1.40 bits per heavy atom. The van der Waals surface area contributed by atoms with Crippen LogP contribution in [0.25, 0.3) is 10.6 Å². The fourth-order valence-corrected chi connectivity index (χ4v) is 3.02. The maximum Gasteiger partial charge on any atom is 0.271 e. The van der Waals surface area contributed by atoms with E-state index in [1.54, 1.807) is 0 Å². The van der Waals surface area contributed by atoms with Gasteiger partial charge in [-0.3, -0.25) is 10.1 Å². The molecule has 0 spiro atoms. The smallest absolute Gasteiger partial charge is 0.271 e. The van der Waals surface area contributed by atoms with Crippen molar-refractivity contribution in [3.63, 3.8) is 0 Å². The molecule has 1 aliphatic carbocycles. The lowest BCUT2D eigenvalue weighted by atomic mass is 10.2. The molecule has 2 aromatic rings. The number of rotatable bonds is 5. The first kappa shape index (κ1) is 13.6. The Hall–Kier alpha value is -1.38. The lowest BCUT2D eigenvalue weighted by molar-refractivity contribution is -0.384. The van der Waals surface area contributed by atoms with Gasteiger partial charge in [-0.05, 0) is 18.9 Å². The van der Waals surface area contributed by atoms with Crippen LogP contribution in [0.4, 0.5) is 5.69 Å². The van der Waals surface area contributed by atoms with Crippen LogP contribution < -0.4 is 5.32 Å². The van der Waals surface area contributed by atoms with Gasteiger partial charge in [-0.1, -0.05) is 27.3 Å². The normalized spacial score (nSPS) is 14.4. The highest BCUT2D eigenvalue weighted by atomic mass is 79.9. The second kappa shape index (κ2) is 5.55. The van der Waals surface area contributed by atoms with Gasteiger partial charge >= 0.3 is 0 Å². The summed E-state index contributed by atoms with van der Waals surface area (Å²) in [6, 6.07) is 5.42. The highest BCUT2D eigenvalue weighted by Gasteiger charge is 2.21. The van der Waals surface area contributed by atoms with E-state index in [0.29, 0.717) is 27.6 Å². The van der Waals surface area contributed by atoms with E-state index < -0.39 is 4.92 Å². The summed E-state index contributed by atoms with van der Waals surface area (Å²) in [7, 11) is 0. The number of aromatic nitrogens is 2. The first-order chi connectivity index (χ1) is 9.61. The van der Waals surface area contributed by atoms with Crippen molar-refractivity contribution in [1.82, 2.24) is 15.5 Å². The van der Waals surface area contributed by atoms with Gasteiger partial charge in [0, 0.05) is 34.8 Å². The van der Waals surface area contributed by atoms with E-state index in [2.05, 4.69) is 31.4 Å². The molecule has 1 heterocycles. The molecule has 0 amide bonds. The van der Waals surface area contributed by atoms with Gasteiger partial charge in [0.2, 0.25) is 0 Å². The lowest BCUT2D eigenvalue weighted by Crippen LogP contribution is -2.14. The second-order valence-corrected chi connectivity index (χ2v) is 6.59. The van der Waals surface area contributed by atoms with Crippen LogP contribution in [0.2, 0.25) is 0 Å². The first-order valence-electron chi connectivity index (χ1n) is 6.13. The van der Waals surface area contributed by atoms with E-state index in [1.165, 1.54) is 36.3 Å². The highest BCUT2D eigenvalue weighted by molar-refractivity contribution is 9.10. The van der Waals surface area contributed by atoms with Crippen LogP contribution in [0.1, 0.15) is 17.8 Å². The maximum absolute atomic E-state index is 10.9. The molecule has 1 aromatic heterocycles. The van der Waals surface area contributed by atoms with Crippen LogP contribution in [0.3, 0.4) is 0 Å². The number of nitrogens with one attached hydrogen (secondary N) is 1. The molecular weight excluding hydrogens is 344 g/mol. The Morgan fingerprint density at radius 2 is 2.20 bits per heavy atom. The summed E-state index contributed by atoms with van der Waals surface area (Å²) in [4.78, 5) is 10.5. The predicted molar refractivity (Wildman–Crippen MR) is 79.6 cm³/mol. The Balaban J connectivity index is 1.82. The number of benzene rings is 1. The largest absolute Gasteiger partial charge is 0.308 e. The van der Waals surface area contributed by atoms with Crippen molar-refractivity contribution >= 4 is 33.0 Å². The average Bonchev–Trinajstić information content (AvgIpc) is 3.12. The van der Waals surface area contributed by atoms with E-state index in [0.717, 1.165) is 5.01 Å². The average molecular weight is 355 g/mol. The molecule has 0 aliphatic heterocycles. The summed E-state index contributed by atoms with van der Waals surface area (Å²) >= 11 is 4.74. The van der Waals surface area contributed by atoms with E-state index in [4.69, 9.17) is 0 Å². The van der Waals surface area contributed by atoms with Crippen molar-refractivity contribution in [2.45, 2.75) is 25.4 Å². The van der Waals surface area contributed by atoms with Crippen LogP contribution in [-0.2, 0) is 6.54 Å². The highest BCUT2D eigenvalue weighted by Crippen LogP contribution is 2.30. The number of nitro groups is 1. The molecule has 8 heteroatoms. The lowest BCUT2D eigenvalue weighted by Gasteiger charge is -1.98. The minimum absolute atomic E-state index is 0.0437. The van der Waals surface area contributed by atoms with Crippen LogP contribution in [0, 0.1) is 10.1 Å². The summed E-state index contributed by atoms with van der Waals surface area (Å²) in [6.45, 7) is 0.707. The van der Waals surface area contributed by atoms with Crippen LogP contribution in [-0.4, -0.2) is 21.2 Å². The SMILES string of the molecule is O=[N+]([O-])c1cc(Br)cc(-c2nnc(CNC3CC3)s2)c1. The van der Waals surface area contributed by atoms with Crippen molar-refractivity contribution in [2.75, 3.05) is 0 Å². The maximum atomic E-state index is 10.9. The number of non-ortho nitro benzene ring substituents is 1. The monoisotopic (exact) mass is 354 g/mol. The third kappa shape index (κ3) is 3.20. The van der Waals surface area contributed by atoms with Gasteiger partial charge < -0.3 is 5.32 Å². The predicted octanol–water partition coefficient (Wildman–Crippen LogP) is 3.13. The Bertz CT molecular complexity index is 657. The molecule has 0 atom stereocenters. The Kier molecular flexibility index (Phi) is 3.77. The van der Waals surface area contributed by atoms with Crippen molar-refractivity contribution < 1.29 is 4.92 Å². The third-order valence-corrected chi connectivity index (χ3v) is 4.36. The molecule has 0 bridgehead atoms. The Morgan fingerprint density at radius 3 is 2.90 bits per heavy atom. The van der Waals surface area contributed by atoms with Gasteiger partial charge in [-0.2, -0.15) is 0 Å². The molecule has 3 rings (SSSR count). The Labute approximate surface area is 127 Å². The molecule has 20 heavy (non-hydrogen) atoms. The zero-order chi connectivity index (χ0) is 14.1. The van der Waals surface area contributed by atoms with E-state index in [9.17, 15) is 10.1 Å². The van der Waals surface area contributed by atoms with Crippen molar-refractivity contribution in [1.29, 1.82) is 0 Å². The zero-order valence-electron chi connectivity index (χ0n) is 10.4. The third-order valence-electron chi connectivity index (χ3n) is 2.93. The van der Waals surface area contributed by atoms with Crippen LogP contribution in [0.5, 0.6) is 0 Å². The standard InChI is InChI=1S/C12H11BrN4O2S/c13-8-3-7(4-10(5-8)17(18)19)12-16-15-11(20-12)6-14-9-1-2-9/h3-5,9,14H,1-2,6H2. The molecule has 0 radical (unpaired) electrons. The molecule has 1 saturated carbocycles. The number of nitrogens with zero attached hydrogens (tertiary/aromatic N) is 3. The van der Waals surface area contributed by atoms with Gasteiger partial charge in [0.05, 0.1) is 4.92 Å². The molecule has 1 aromatic carbocycles. The van der Waals surface area contributed by atoms with Crippen molar-refractivity contribution in [3.8, 4) is 10.6 Å². The number of hydrogen-bond donors (Lipinski definition) is 1. The second-order valence-electron chi connectivity index (χ2n) is 4.61. The number of halogens is 1. The first-order valence-corrected chi connectivity index (χ1v) is 7.74. The fraction of sp³-hybridized carbons (Fsp3) is 0.333. The molecule has 6 nitrogen and oxygen atoms in total. The summed E-state index contributed by atoms with van der Waals surface area (Å²) in [6.07, 6.45) is 2.45. The minimum atomic E-state index is -0.412. The molecule has 0 saturated heterocycles. The molecular formula is C12H11BrN4O2S. The fourth-order valence-electron chi connectivity index (χ4n) is 1.76. The molecule has 1 aliphatic rings. The topological polar surface area (TPSA) is 81.0 Å². The number of nitro benzene ring substituents is 1. The van der Waals surface area contributed by atoms with E-state index in [-0.39, 0.29) is 5.69 Å². The van der Waals surface area contributed by atoms with Crippen molar-refractivity contribution in [2.24, 2.45) is 0 Å². The quantitative estimate of drug-likeness (QED) is 0.658. The zero-order valence-corrected chi connectivity index (χ0v) is 12.8. The summed E-state index contributed by atoms with van der Waals surface area (Å²) < 4.78 is 0.662. The van der Waals surface area contributed by atoms with Crippen molar-refractivity contribution in [3.05, 3.63) is 37.8 Å². The molecule has 0 unspecified atom stereocenters. The minimum Gasteiger partial charge on any atom is -0.308 e. The van der Waals surface area contributed by atoms with Gasteiger partial charge in [-0.15, -0.1) is 10.2 Å². The summed E-state index contributed by atoms with van der Waals surface area (Å²) in [5.41, 5.74) is 0.753. The molecule has 1 N–H and O–H groups in total. The molecule has 1 fully saturated rings. The van der Waals surface area contributed by atoms with Crippen LogP contribution in [0.15, 0.2) is 22.7 Å².